The molecule has 0 saturated heterocycles. The lowest BCUT2D eigenvalue weighted by Gasteiger charge is -2.23. The van der Waals surface area contributed by atoms with Crippen LogP contribution in [0.5, 0.6) is 0 Å². The van der Waals surface area contributed by atoms with Gasteiger partial charge in [0.2, 0.25) is 0 Å². The predicted molar refractivity (Wildman–Crippen MR) is 102 cm³/mol. The van der Waals surface area contributed by atoms with Crippen molar-refractivity contribution < 1.29 is 9.59 Å². The van der Waals surface area contributed by atoms with Gasteiger partial charge in [0.25, 0.3) is 11.8 Å². The van der Waals surface area contributed by atoms with Crippen molar-refractivity contribution in [1.82, 2.24) is 4.90 Å². The van der Waals surface area contributed by atoms with E-state index in [0.717, 1.165) is 20.9 Å². The molecule has 1 heterocycles. The lowest BCUT2D eigenvalue weighted by atomic mass is 10.1. The summed E-state index contributed by atoms with van der Waals surface area (Å²) in [6.07, 6.45) is 0. The second kappa shape index (κ2) is 6.01. The van der Waals surface area contributed by atoms with E-state index >= 15 is 0 Å². The van der Waals surface area contributed by atoms with Crippen LogP contribution in [0.25, 0.3) is 10.8 Å². The molecule has 4 rings (SSSR count). The van der Waals surface area contributed by atoms with Gasteiger partial charge in [-0.25, -0.2) is 0 Å². The number of hydrogen-bond donors (Lipinski definition) is 0. The topological polar surface area (TPSA) is 40.6 Å². The van der Waals surface area contributed by atoms with Crippen molar-refractivity contribution in [2.24, 2.45) is 0 Å². The highest BCUT2D eigenvalue weighted by molar-refractivity contribution is 9.10. The molecule has 0 radical (unpaired) electrons. The van der Waals surface area contributed by atoms with Gasteiger partial charge in [-0.15, -0.1) is 0 Å². The van der Waals surface area contributed by atoms with Crippen LogP contribution in [0.15, 0.2) is 65.1 Å². The first-order valence-electron chi connectivity index (χ1n) is 7.91. The van der Waals surface area contributed by atoms with Gasteiger partial charge >= 0.3 is 0 Å². The molecule has 124 valence electrons. The number of hydrogen-bond acceptors (Lipinski definition) is 2. The van der Waals surface area contributed by atoms with E-state index in [9.17, 15) is 9.59 Å². The average Bonchev–Trinajstić information content (AvgIpc) is 2.70. The van der Waals surface area contributed by atoms with Crippen LogP contribution in [-0.2, 0) is 4.79 Å². The van der Waals surface area contributed by atoms with Crippen molar-refractivity contribution in [3.63, 3.8) is 0 Å². The Kier molecular flexibility index (Phi) is 3.81. The SMILES string of the molecule is CN1CC(=O)N(c2ccc3ccccc3c2)c2ccc(Br)cc2C1=O. The number of rotatable bonds is 1. The van der Waals surface area contributed by atoms with Crippen molar-refractivity contribution in [2.45, 2.75) is 0 Å². The first-order chi connectivity index (χ1) is 12.0. The summed E-state index contributed by atoms with van der Waals surface area (Å²) in [5.41, 5.74) is 1.88. The smallest absolute Gasteiger partial charge is 0.256 e. The summed E-state index contributed by atoms with van der Waals surface area (Å²) in [5, 5.41) is 2.16. The van der Waals surface area contributed by atoms with Crippen LogP contribution in [0, 0.1) is 0 Å². The van der Waals surface area contributed by atoms with E-state index in [0.29, 0.717) is 11.3 Å². The zero-order valence-electron chi connectivity index (χ0n) is 13.6. The first kappa shape index (κ1) is 15.8. The fourth-order valence-corrected chi connectivity index (χ4v) is 3.52. The number of fused-ring (bicyclic) bond motifs is 2. The van der Waals surface area contributed by atoms with Gasteiger partial charge in [0, 0.05) is 17.2 Å². The maximum absolute atomic E-state index is 12.9. The highest BCUT2D eigenvalue weighted by atomic mass is 79.9. The molecule has 1 aliphatic rings. The number of likely N-dealkylation sites (N-methyl/N-ethyl adjacent to an activating group) is 1. The van der Waals surface area contributed by atoms with E-state index in [2.05, 4.69) is 15.9 Å². The van der Waals surface area contributed by atoms with Crippen molar-refractivity contribution in [1.29, 1.82) is 0 Å². The molecule has 0 saturated carbocycles. The van der Waals surface area contributed by atoms with Crippen LogP contribution in [0.4, 0.5) is 11.4 Å². The third-order valence-electron chi connectivity index (χ3n) is 4.39. The first-order valence-corrected chi connectivity index (χ1v) is 8.71. The molecule has 0 bridgehead atoms. The number of amides is 2. The molecule has 1 aliphatic heterocycles. The van der Waals surface area contributed by atoms with Gasteiger partial charge < -0.3 is 4.90 Å². The van der Waals surface area contributed by atoms with Gasteiger partial charge in [0.15, 0.2) is 0 Å². The molecule has 0 aliphatic carbocycles. The Labute approximate surface area is 153 Å². The zero-order chi connectivity index (χ0) is 17.6. The molecular formula is C20H15BrN2O2. The molecular weight excluding hydrogens is 380 g/mol. The van der Waals surface area contributed by atoms with E-state index in [1.807, 2.05) is 54.6 Å². The summed E-state index contributed by atoms with van der Waals surface area (Å²) in [6, 6.07) is 19.3. The Morgan fingerprint density at radius 3 is 2.48 bits per heavy atom. The highest BCUT2D eigenvalue weighted by Crippen LogP contribution is 2.35. The molecule has 0 aromatic heterocycles. The zero-order valence-corrected chi connectivity index (χ0v) is 15.2. The quantitative estimate of drug-likeness (QED) is 0.615. The molecule has 3 aromatic carbocycles. The van der Waals surface area contributed by atoms with Gasteiger partial charge in [0.1, 0.15) is 6.54 Å². The Balaban J connectivity index is 1.93. The fraction of sp³-hybridized carbons (Fsp3) is 0.100. The predicted octanol–water partition coefficient (Wildman–Crippen LogP) is 4.35. The number of anilines is 2. The summed E-state index contributed by atoms with van der Waals surface area (Å²) < 4.78 is 0.806. The second-order valence-electron chi connectivity index (χ2n) is 6.08. The maximum atomic E-state index is 12.9. The Hall–Kier alpha value is -2.66. The Bertz CT molecular complexity index is 1020. The molecule has 4 nitrogen and oxygen atoms in total. The second-order valence-corrected chi connectivity index (χ2v) is 7.00. The van der Waals surface area contributed by atoms with Crippen LogP contribution >= 0.6 is 15.9 Å². The number of halogens is 1. The van der Waals surface area contributed by atoms with Crippen molar-refractivity contribution in [3.8, 4) is 0 Å². The van der Waals surface area contributed by atoms with Crippen LogP contribution < -0.4 is 4.90 Å². The lowest BCUT2D eigenvalue weighted by molar-refractivity contribution is -0.118. The Morgan fingerprint density at radius 2 is 1.68 bits per heavy atom. The molecule has 0 atom stereocenters. The van der Waals surface area contributed by atoms with Crippen molar-refractivity contribution >= 4 is 49.9 Å². The minimum absolute atomic E-state index is 0.0396. The van der Waals surface area contributed by atoms with Crippen LogP contribution in [0.3, 0.4) is 0 Å². The molecule has 0 spiro atoms. The van der Waals surface area contributed by atoms with Gasteiger partial charge in [-0.2, -0.15) is 0 Å². The van der Waals surface area contributed by atoms with Crippen molar-refractivity contribution in [3.05, 3.63) is 70.7 Å². The molecule has 5 heteroatoms. The fourth-order valence-electron chi connectivity index (χ4n) is 3.16. The molecule has 0 fully saturated rings. The van der Waals surface area contributed by atoms with E-state index in [1.165, 1.54) is 4.90 Å². The standard InChI is InChI=1S/C20H15BrN2O2/c1-22-12-19(24)23(18-9-7-15(21)11-17(18)20(22)25)16-8-6-13-4-2-3-5-14(13)10-16/h2-11H,12H2,1H3. The summed E-state index contributed by atoms with van der Waals surface area (Å²) >= 11 is 3.41. The highest BCUT2D eigenvalue weighted by Gasteiger charge is 2.30. The van der Waals surface area contributed by atoms with E-state index in [-0.39, 0.29) is 18.4 Å². The maximum Gasteiger partial charge on any atom is 0.256 e. The van der Waals surface area contributed by atoms with Gasteiger partial charge in [-0.1, -0.05) is 46.3 Å². The van der Waals surface area contributed by atoms with E-state index < -0.39 is 0 Å². The molecule has 0 N–H and O–H groups in total. The van der Waals surface area contributed by atoms with E-state index in [1.54, 1.807) is 18.0 Å². The number of nitrogens with zero attached hydrogens (tertiary/aromatic N) is 2. The summed E-state index contributed by atoms with van der Waals surface area (Å²) in [7, 11) is 1.65. The third kappa shape index (κ3) is 2.70. The minimum Gasteiger partial charge on any atom is -0.332 e. The van der Waals surface area contributed by atoms with Gasteiger partial charge in [0.05, 0.1) is 11.3 Å². The van der Waals surface area contributed by atoms with Crippen LogP contribution in [0.1, 0.15) is 10.4 Å². The third-order valence-corrected chi connectivity index (χ3v) is 4.88. The minimum atomic E-state index is -0.159. The number of carbonyl (C=O) groups excluding carboxylic acids is 2. The molecule has 2 amide bonds. The van der Waals surface area contributed by atoms with Gasteiger partial charge in [-0.3, -0.25) is 14.5 Å². The summed E-state index contributed by atoms with van der Waals surface area (Å²) in [4.78, 5) is 28.6. The number of carbonyl (C=O) groups is 2. The summed E-state index contributed by atoms with van der Waals surface area (Å²) in [6.45, 7) is 0.0396. The van der Waals surface area contributed by atoms with Crippen molar-refractivity contribution in [2.75, 3.05) is 18.5 Å². The largest absolute Gasteiger partial charge is 0.332 e. The van der Waals surface area contributed by atoms with Crippen LogP contribution in [-0.4, -0.2) is 30.3 Å². The average molecular weight is 395 g/mol. The molecule has 0 unspecified atom stereocenters. The monoisotopic (exact) mass is 394 g/mol. The molecule has 3 aromatic rings. The molecule has 25 heavy (non-hydrogen) atoms. The van der Waals surface area contributed by atoms with E-state index in [4.69, 9.17) is 0 Å². The normalized spacial score (nSPS) is 14.6. The van der Waals surface area contributed by atoms with Gasteiger partial charge in [-0.05, 0) is 41.1 Å². The number of benzene rings is 3. The summed E-state index contributed by atoms with van der Waals surface area (Å²) in [5.74, 6) is -0.292. The Morgan fingerprint density at radius 1 is 0.920 bits per heavy atom. The van der Waals surface area contributed by atoms with Crippen LogP contribution in [0.2, 0.25) is 0 Å². The lowest BCUT2D eigenvalue weighted by Crippen LogP contribution is -2.34.